The molecular formula is C14H22N6O. The third-order valence-electron chi connectivity index (χ3n) is 3.91. The van der Waals surface area contributed by atoms with Gasteiger partial charge in [-0.1, -0.05) is 12.2 Å². The van der Waals surface area contributed by atoms with E-state index in [9.17, 15) is 0 Å². The number of piperidine rings is 1. The molecule has 4 N–H and O–H groups in total. The highest BCUT2D eigenvalue weighted by Gasteiger charge is 2.22. The molecule has 2 saturated heterocycles. The maximum absolute atomic E-state index is 6.09. The summed E-state index contributed by atoms with van der Waals surface area (Å²) in [7, 11) is 0. The number of morpholine rings is 1. The van der Waals surface area contributed by atoms with Crippen LogP contribution in [0.1, 0.15) is 12.8 Å². The van der Waals surface area contributed by atoms with E-state index in [-0.39, 0.29) is 0 Å². The van der Waals surface area contributed by atoms with Crippen molar-refractivity contribution in [2.75, 3.05) is 60.7 Å². The fourth-order valence-electron chi connectivity index (χ4n) is 2.74. The van der Waals surface area contributed by atoms with Crippen LogP contribution < -0.4 is 21.3 Å². The quantitative estimate of drug-likeness (QED) is 0.772. The first-order valence-corrected chi connectivity index (χ1v) is 7.32. The number of hydrogen-bond donors (Lipinski definition) is 2. The normalized spacial score (nSPS) is 19.9. The molecule has 0 spiro atoms. The Hall–Kier alpha value is -2.02. The third-order valence-corrected chi connectivity index (χ3v) is 3.91. The van der Waals surface area contributed by atoms with Gasteiger partial charge in [-0.3, -0.25) is 0 Å². The Kier molecular flexibility index (Phi) is 3.83. The lowest BCUT2D eigenvalue weighted by atomic mass is 10.1. The molecule has 114 valence electrons. The Morgan fingerprint density at radius 1 is 1.05 bits per heavy atom. The Labute approximate surface area is 124 Å². The monoisotopic (exact) mass is 290 g/mol. The van der Waals surface area contributed by atoms with Crippen molar-refractivity contribution in [3.05, 3.63) is 12.2 Å². The number of nitrogens with two attached hydrogens (primary N) is 2. The van der Waals surface area contributed by atoms with Gasteiger partial charge in [0.2, 0.25) is 5.95 Å². The van der Waals surface area contributed by atoms with Crippen LogP contribution in [0.5, 0.6) is 0 Å². The van der Waals surface area contributed by atoms with Gasteiger partial charge in [0.1, 0.15) is 5.69 Å². The van der Waals surface area contributed by atoms with Crippen molar-refractivity contribution < 1.29 is 4.74 Å². The molecule has 2 aliphatic rings. The van der Waals surface area contributed by atoms with Crippen LogP contribution in [0.2, 0.25) is 0 Å². The molecule has 7 heteroatoms. The Morgan fingerprint density at radius 2 is 1.81 bits per heavy atom. The fourth-order valence-corrected chi connectivity index (χ4v) is 2.74. The molecule has 21 heavy (non-hydrogen) atoms. The minimum Gasteiger partial charge on any atom is -0.393 e. The van der Waals surface area contributed by atoms with Crippen LogP contribution in [0.25, 0.3) is 0 Å². The maximum atomic E-state index is 6.09. The van der Waals surface area contributed by atoms with E-state index in [1.165, 1.54) is 5.57 Å². The molecule has 1 aromatic rings. The number of rotatable bonds is 2. The van der Waals surface area contributed by atoms with Crippen LogP contribution >= 0.6 is 0 Å². The van der Waals surface area contributed by atoms with Gasteiger partial charge in [-0.05, 0) is 12.8 Å². The molecule has 3 heterocycles. The lowest BCUT2D eigenvalue weighted by Crippen LogP contribution is -2.38. The number of anilines is 4. The number of ether oxygens (including phenoxy) is 1. The first kappa shape index (κ1) is 13.9. The molecular weight excluding hydrogens is 268 g/mol. The molecule has 0 saturated carbocycles. The second-order valence-corrected chi connectivity index (χ2v) is 5.52. The highest BCUT2D eigenvalue weighted by Crippen LogP contribution is 2.30. The van der Waals surface area contributed by atoms with Crippen molar-refractivity contribution in [3.8, 4) is 0 Å². The van der Waals surface area contributed by atoms with E-state index in [1.54, 1.807) is 0 Å². The molecule has 0 atom stereocenters. The van der Waals surface area contributed by atoms with Gasteiger partial charge >= 0.3 is 0 Å². The second-order valence-electron chi connectivity index (χ2n) is 5.52. The van der Waals surface area contributed by atoms with Gasteiger partial charge in [0, 0.05) is 26.2 Å². The molecule has 2 aliphatic heterocycles. The predicted octanol–water partition coefficient (Wildman–Crippen LogP) is 0.634. The smallest absolute Gasteiger partial charge is 0.229 e. The summed E-state index contributed by atoms with van der Waals surface area (Å²) < 4.78 is 5.36. The zero-order valence-electron chi connectivity index (χ0n) is 12.2. The average Bonchev–Trinajstić information content (AvgIpc) is 2.51. The predicted molar refractivity (Wildman–Crippen MR) is 84.5 cm³/mol. The van der Waals surface area contributed by atoms with E-state index in [2.05, 4.69) is 26.3 Å². The summed E-state index contributed by atoms with van der Waals surface area (Å²) in [6.45, 7) is 8.68. The Bertz CT molecular complexity index is 541. The largest absolute Gasteiger partial charge is 0.393 e. The van der Waals surface area contributed by atoms with Crippen LogP contribution in [0.4, 0.5) is 23.3 Å². The molecule has 0 unspecified atom stereocenters. The average molecular weight is 290 g/mol. The minimum absolute atomic E-state index is 0.345. The fraction of sp³-hybridized carbons (Fsp3) is 0.571. The number of nitrogens with zero attached hydrogens (tertiary/aromatic N) is 4. The van der Waals surface area contributed by atoms with Crippen molar-refractivity contribution in [3.63, 3.8) is 0 Å². The van der Waals surface area contributed by atoms with Gasteiger partial charge in [0.25, 0.3) is 0 Å². The zero-order valence-corrected chi connectivity index (χ0v) is 12.2. The van der Waals surface area contributed by atoms with Crippen molar-refractivity contribution in [1.82, 2.24) is 9.97 Å². The SMILES string of the molecule is C=C1CCCN(c2nc(N3CCOCC3)nc(N)c2N)C1. The lowest BCUT2D eigenvalue weighted by Gasteiger charge is -2.32. The van der Waals surface area contributed by atoms with Gasteiger partial charge < -0.3 is 26.0 Å². The van der Waals surface area contributed by atoms with Gasteiger partial charge in [-0.15, -0.1) is 0 Å². The van der Waals surface area contributed by atoms with Crippen molar-refractivity contribution >= 4 is 23.3 Å². The molecule has 1 aromatic heterocycles. The number of hydrogen-bond acceptors (Lipinski definition) is 7. The third kappa shape index (κ3) is 2.87. The van der Waals surface area contributed by atoms with E-state index in [0.29, 0.717) is 30.7 Å². The standard InChI is InChI=1S/C14H22N6O/c1-10-3-2-4-20(9-10)13-11(15)12(16)17-14(18-13)19-5-7-21-8-6-19/h1-9,15H2,(H2,16,17,18). The van der Waals surface area contributed by atoms with Gasteiger partial charge in [0.05, 0.1) is 13.2 Å². The van der Waals surface area contributed by atoms with Gasteiger partial charge in [0.15, 0.2) is 11.6 Å². The van der Waals surface area contributed by atoms with E-state index in [1.807, 2.05) is 0 Å². The molecule has 0 aromatic carbocycles. The van der Waals surface area contributed by atoms with E-state index in [0.717, 1.165) is 44.8 Å². The molecule has 0 amide bonds. The number of nitrogen functional groups attached to an aromatic ring is 2. The van der Waals surface area contributed by atoms with Gasteiger partial charge in [-0.2, -0.15) is 9.97 Å². The van der Waals surface area contributed by atoms with E-state index >= 15 is 0 Å². The van der Waals surface area contributed by atoms with E-state index < -0.39 is 0 Å². The van der Waals surface area contributed by atoms with Crippen LogP contribution in [0, 0.1) is 0 Å². The summed E-state index contributed by atoms with van der Waals surface area (Å²) in [4.78, 5) is 13.2. The maximum Gasteiger partial charge on any atom is 0.229 e. The molecule has 0 aliphatic carbocycles. The van der Waals surface area contributed by atoms with Crippen LogP contribution in [-0.4, -0.2) is 49.4 Å². The van der Waals surface area contributed by atoms with Crippen molar-refractivity contribution in [2.24, 2.45) is 0 Å². The van der Waals surface area contributed by atoms with E-state index in [4.69, 9.17) is 16.2 Å². The summed E-state index contributed by atoms with van der Waals surface area (Å²) in [5, 5.41) is 0. The minimum atomic E-state index is 0.345. The van der Waals surface area contributed by atoms with Gasteiger partial charge in [-0.25, -0.2) is 0 Å². The molecule has 7 nitrogen and oxygen atoms in total. The molecule has 3 rings (SSSR count). The summed E-state index contributed by atoms with van der Waals surface area (Å²) in [5.41, 5.74) is 13.7. The summed E-state index contributed by atoms with van der Waals surface area (Å²) in [6.07, 6.45) is 2.13. The van der Waals surface area contributed by atoms with Crippen molar-refractivity contribution in [2.45, 2.75) is 12.8 Å². The Balaban J connectivity index is 1.91. The second kappa shape index (κ2) is 5.77. The topological polar surface area (TPSA) is 93.5 Å². The highest BCUT2D eigenvalue weighted by molar-refractivity contribution is 5.75. The van der Waals surface area contributed by atoms with Crippen molar-refractivity contribution in [1.29, 1.82) is 0 Å². The highest BCUT2D eigenvalue weighted by atomic mass is 16.5. The Morgan fingerprint density at radius 3 is 2.52 bits per heavy atom. The summed E-state index contributed by atoms with van der Waals surface area (Å²) in [6, 6.07) is 0. The first-order chi connectivity index (χ1) is 10.1. The first-order valence-electron chi connectivity index (χ1n) is 7.32. The lowest BCUT2D eigenvalue weighted by molar-refractivity contribution is 0.122. The molecule has 2 fully saturated rings. The van der Waals surface area contributed by atoms with Crippen LogP contribution in [0.3, 0.4) is 0 Å². The van der Waals surface area contributed by atoms with Crippen LogP contribution in [-0.2, 0) is 4.74 Å². The summed E-state index contributed by atoms with van der Waals surface area (Å²) in [5.74, 6) is 1.71. The molecule has 0 radical (unpaired) electrons. The zero-order chi connectivity index (χ0) is 14.8. The molecule has 0 bridgehead atoms. The summed E-state index contributed by atoms with van der Waals surface area (Å²) >= 11 is 0. The van der Waals surface area contributed by atoms with Crippen LogP contribution in [0.15, 0.2) is 12.2 Å². The number of aromatic nitrogens is 2.